The van der Waals surface area contributed by atoms with Gasteiger partial charge in [0.15, 0.2) is 5.79 Å². The summed E-state index contributed by atoms with van der Waals surface area (Å²) in [6.07, 6.45) is 2.38. The zero-order valence-electron chi connectivity index (χ0n) is 8.02. The predicted octanol–water partition coefficient (Wildman–Crippen LogP) is 1.90. The minimum Gasteiger partial charge on any atom is -0.366 e. The third-order valence-corrected chi connectivity index (χ3v) is 2.23. The maximum Gasteiger partial charge on any atom is 0.159 e. The lowest BCUT2D eigenvalue weighted by Crippen LogP contribution is -2.25. The molecule has 0 aromatic rings. The van der Waals surface area contributed by atoms with E-state index in [1.807, 2.05) is 0 Å². The highest BCUT2D eigenvalue weighted by molar-refractivity contribution is 4.69. The van der Waals surface area contributed by atoms with Crippen molar-refractivity contribution >= 4 is 0 Å². The second-order valence-electron chi connectivity index (χ2n) is 4.23. The van der Waals surface area contributed by atoms with Crippen molar-refractivity contribution in [2.45, 2.75) is 52.7 Å². The van der Waals surface area contributed by atoms with E-state index in [0.717, 1.165) is 12.8 Å². The fraction of sp³-hybridized carbons (Fsp3) is 1.00. The Morgan fingerprint density at radius 2 is 1.45 bits per heavy atom. The van der Waals surface area contributed by atoms with E-state index in [4.69, 9.17) is 10.2 Å². The Morgan fingerprint density at radius 1 is 1.00 bits per heavy atom. The van der Waals surface area contributed by atoms with Crippen molar-refractivity contribution < 1.29 is 10.2 Å². The summed E-state index contributed by atoms with van der Waals surface area (Å²) >= 11 is 0. The van der Waals surface area contributed by atoms with Crippen LogP contribution < -0.4 is 0 Å². The van der Waals surface area contributed by atoms with E-state index in [2.05, 4.69) is 20.8 Å². The standard InChI is InChI=1S/C9H20O2/c1-5-8(2,3)6-7-9(4,10)11/h10-11H,5-7H2,1-4H3. The predicted molar refractivity (Wildman–Crippen MR) is 46.1 cm³/mol. The molecule has 0 amide bonds. The van der Waals surface area contributed by atoms with Crippen LogP contribution in [0.15, 0.2) is 0 Å². The molecule has 2 N–H and O–H groups in total. The van der Waals surface area contributed by atoms with E-state index < -0.39 is 5.79 Å². The second kappa shape index (κ2) is 3.55. The summed E-state index contributed by atoms with van der Waals surface area (Å²) in [6.45, 7) is 7.82. The van der Waals surface area contributed by atoms with Crippen molar-refractivity contribution in [1.29, 1.82) is 0 Å². The fourth-order valence-electron chi connectivity index (χ4n) is 0.752. The zero-order chi connectivity index (χ0) is 9.12. The van der Waals surface area contributed by atoms with Crippen molar-refractivity contribution in [2.75, 3.05) is 0 Å². The molecule has 0 aromatic carbocycles. The normalized spacial score (nSPS) is 13.6. The van der Waals surface area contributed by atoms with Crippen molar-refractivity contribution in [3.63, 3.8) is 0 Å². The van der Waals surface area contributed by atoms with E-state index in [-0.39, 0.29) is 5.41 Å². The van der Waals surface area contributed by atoms with Crippen LogP contribution in [0.4, 0.5) is 0 Å². The molecule has 0 radical (unpaired) electrons. The first kappa shape index (κ1) is 10.9. The van der Waals surface area contributed by atoms with Crippen LogP contribution in [0.5, 0.6) is 0 Å². The minimum absolute atomic E-state index is 0.229. The van der Waals surface area contributed by atoms with Crippen LogP contribution in [0.3, 0.4) is 0 Å². The first-order valence-corrected chi connectivity index (χ1v) is 4.21. The molecule has 0 unspecified atom stereocenters. The smallest absolute Gasteiger partial charge is 0.159 e. The third kappa shape index (κ3) is 6.32. The maximum atomic E-state index is 9.03. The maximum absolute atomic E-state index is 9.03. The summed E-state index contributed by atoms with van der Waals surface area (Å²) in [5.74, 6) is -1.49. The highest BCUT2D eigenvalue weighted by atomic mass is 16.5. The van der Waals surface area contributed by atoms with E-state index in [1.54, 1.807) is 0 Å². The van der Waals surface area contributed by atoms with Gasteiger partial charge in [-0.3, -0.25) is 0 Å². The number of hydrogen-bond donors (Lipinski definition) is 2. The Balaban J connectivity index is 3.70. The van der Waals surface area contributed by atoms with Crippen LogP contribution in [0.1, 0.15) is 47.0 Å². The van der Waals surface area contributed by atoms with Crippen LogP contribution >= 0.6 is 0 Å². The molecule has 68 valence electrons. The van der Waals surface area contributed by atoms with Crippen LogP contribution in [-0.2, 0) is 0 Å². The molecular weight excluding hydrogens is 140 g/mol. The summed E-state index contributed by atoms with van der Waals surface area (Å²) in [5, 5.41) is 18.1. The summed E-state index contributed by atoms with van der Waals surface area (Å²) in [5.41, 5.74) is 0.229. The van der Waals surface area contributed by atoms with E-state index in [9.17, 15) is 0 Å². The van der Waals surface area contributed by atoms with Crippen molar-refractivity contribution in [2.24, 2.45) is 5.41 Å². The van der Waals surface area contributed by atoms with Gasteiger partial charge in [0.2, 0.25) is 0 Å². The molecule has 2 heteroatoms. The lowest BCUT2D eigenvalue weighted by atomic mass is 9.84. The molecule has 0 saturated carbocycles. The molecular formula is C9H20O2. The molecule has 0 aliphatic carbocycles. The van der Waals surface area contributed by atoms with Gasteiger partial charge in [-0.25, -0.2) is 0 Å². The Morgan fingerprint density at radius 3 is 1.73 bits per heavy atom. The molecule has 0 heterocycles. The minimum atomic E-state index is -1.49. The Labute approximate surface area is 69.2 Å². The summed E-state index contributed by atoms with van der Waals surface area (Å²) < 4.78 is 0. The van der Waals surface area contributed by atoms with Crippen LogP contribution in [0, 0.1) is 5.41 Å². The molecule has 11 heavy (non-hydrogen) atoms. The molecule has 0 aliphatic rings. The molecule has 0 atom stereocenters. The van der Waals surface area contributed by atoms with Crippen LogP contribution in [-0.4, -0.2) is 16.0 Å². The molecule has 0 spiro atoms. The van der Waals surface area contributed by atoms with Gasteiger partial charge in [-0.15, -0.1) is 0 Å². The quantitative estimate of drug-likeness (QED) is 0.617. The third-order valence-electron chi connectivity index (χ3n) is 2.23. The average molecular weight is 160 g/mol. The zero-order valence-corrected chi connectivity index (χ0v) is 8.02. The van der Waals surface area contributed by atoms with Gasteiger partial charge in [0, 0.05) is 6.42 Å². The average Bonchev–Trinajstić information content (AvgIpc) is 1.83. The molecule has 0 saturated heterocycles. The number of aliphatic hydroxyl groups is 2. The molecule has 0 aromatic heterocycles. The topological polar surface area (TPSA) is 40.5 Å². The lowest BCUT2D eigenvalue weighted by molar-refractivity contribution is -0.154. The van der Waals surface area contributed by atoms with Gasteiger partial charge in [0.25, 0.3) is 0 Å². The molecule has 0 aliphatic heterocycles. The molecule has 0 rings (SSSR count). The van der Waals surface area contributed by atoms with Gasteiger partial charge in [-0.05, 0) is 18.8 Å². The number of hydrogen-bond acceptors (Lipinski definition) is 2. The lowest BCUT2D eigenvalue weighted by Gasteiger charge is -2.26. The SMILES string of the molecule is CCC(C)(C)CCC(C)(O)O. The first-order chi connectivity index (χ1) is 4.77. The Bertz CT molecular complexity index is 111. The molecule has 0 bridgehead atoms. The van der Waals surface area contributed by atoms with E-state index >= 15 is 0 Å². The van der Waals surface area contributed by atoms with Gasteiger partial charge >= 0.3 is 0 Å². The van der Waals surface area contributed by atoms with E-state index in [1.165, 1.54) is 6.92 Å². The van der Waals surface area contributed by atoms with Crippen LogP contribution in [0.25, 0.3) is 0 Å². The van der Waals surface area contributed by atoms with Gasteiger partial charge < -0.3 is 10.2 Å². The van der Waals surface area contributed by atoms with Crippen molar-refractivity contribution in [3.8, 4) is 0 Å². The van der Waals surface area contributed by atoms with Crippen LogP contribution in [0.2, 0.25) is 0 Å². The molecule has 0 fully saturated rings. The first-order valence-electron chi connectivity index (χ1n) is 4.21. The van der Waals surface area contributed by atoms with E-state index in [0.29, 0.717) is 6.42 Å². The number of rotatable bonds is 4. The second-order valence-corrected chi connectivity index (χ2v) is 4.23. The van der Waals surface area contributed by atoms with Gasteiger partial charge in [0.05, 0.1) is 0 Å². The Kier molecular flexibility index (Phi) is 3.52. The molecule has 2 nitrogen and oxygen atoms in total. The summed E-state index contributed by atoms with van der Waals surface area (Å²) in [7, 11) is 0. The summed E-state index contributed by atoms with van der Waals surface area (Å²) in [4.78, 5) is 0. The van der Waals surface area contributed by atoms with Gasteiger partial charge in [-0.1, -0.05) is 27.2 Å². The Hall–Kier alpha value is -0.0800. The van der Waals surface area contributed by atoms with Crippen molar-refractivity contribution in [1.82, 2.24) is 0 Å². The largest absolute Gasteiger partial charge is 0.366 e. The highest BCUT2D eigenvalue weighted by Crippen LogP contribution is 2.28. The fourth-order valence-corrected chi connectivity index (χ4v) is 0.752. The monoisotopic (exact) mass is 160 g/mol. The summed E-state index contributed by atoms with van der Waals surface area (Å²) in [6, 6.07) is 0. The van der Waals surface area contributed by atoms with Crippen molar-refractivity contribution in [3.05, 3.63) is 0 Å². The van der Waals surface area contributed by atoms with Gasteiger partial charge in [-0.2, -0.15) is 0 Å². The van der Waals surface area contributed by atoms with Gasteiger partial charge in [0.1, 0.15) is 0 Å². The highest BCUT2D eigenvalue weighted by Gasteiger charge is 2.21.